The van der Waals surface area contributed by atoms with Crippen LogP contribution in [0.4, 0.5) is 4.79 Å². The summed E-state index contributed by atoms with van der Waals surface area (Å²) in [5.41, 5.74) is 0. The molecular weight excluding hydrogens is 180 g/mol. The first-order valence-corrected chi connectivity index (χ1v) is 5.22. The number of hydrogen-bond acceptors (Lipinski definition) is 3. The normalized spacial score (nSPS) is 24.5. The molecular formula is C10H20N2O2. The fourth-order valence-corrected chi connectivity index (χ4v) is 2.01. The van der Waals surface area contributed by atoms with Crippen molar-refractivity contribution in [2.75, 3.05) is 20.7 Å². The highest BCUT2D eigenvalue weighted by atomic mass is 16.5. The summed E-state index contributed by atoms with van der Waals surface area (Å²) < 4.78 is 4.77. The highest BCUT2D eigenvalue weighted by Gasteiger charge is 2.30. The molecule has 1 aliphatic heterocycles. The second-order valence-electron chi connectivity index (χ2n) is 3.80. The molecule has 1 saturated heterocycles. The lowest BCUT2D eigenvalue weighted by Gasteiger charge is -2.38. The Morgan fingerprint density at radius 2 is 2.29 bits per heavy atom. The monoisotopic (exact) mass is 200 g/mol. The van der Waals surface area contributed by atoms with Crippen molar-refractivity contribution in [2.24, 2.45) is 0 Å². The third kappa shape index (κ3) is 2.38. The number of ether oxygens (including phenoxy) is 1. The lowest BCUT2D eigenvalue weighted by Crippen LogP contribution is -2.52. The van der Waals surface area contributed by atoms with E-state index in [0.717, 1.165) is 19.4 Å². The Hall–Kier alpha value is -0.770. The minimum Gasteiger partial charge on any atom is -0.453 e. The van der Waals surface area contributed by atoms with Crippen LogP contribution in [0.3, 0.4) is 0 Å². The summed E-state index contributed by atoms with van der Waals surface area (Å²) in [5, 5.41) is 3.19. The third-order valence-corrected chi connectivity index (χ3v) is 2.99. The number of nitrogens with zero attached hydrogens (tertiary/aromatic N) is 1. The van der Waals surface area contributed by atoms with Gasteiger partial charge in [-0.05, 0) is 33.2 Å². The van der Waals surface area contributed by atoms with Crippen LogP contribution < -0.4 is 5.32 Å². The molecule has 1 rings (SSSR count). The van der Waals surface area contributed by atoms with E-state index in [1.165, 1.54) is 13.5 Å². The first-order valence-electron chi connectivity index (χ1n) is 5.22. The number of carbonyl (C=O) groups is 1. The maximum atomic E-state index is 11.5. The molecule has 0 aromatic rings. The van der Waals surface area contributed by atoms with Crippen LogP contribution in [0.25, 0.3) is 0 Å². The molecule has 0 aromatic heterocycles. The van der Waals surface area contributed by atoms with Crippen LogP contribution in [0.2, 0.25) is 0 Å². The van der Waals surface area contributed by atoms with E-state index in [2.05, 4.69) is 12.2 Å². The fourth-order valence-electron chi connectivity index (χ4n) is 2.01. The minimum atomic E-state index is -0.197. The van der Waals surface area contributed by atoms with Crippen LogP contribution in [-0.4, -0.2) is 43.8 Å². The Morgan fingerprint density at radius 3 is 2.86 bits per heavy atom. The summed E-state index contributed by atoms with van der Waals surface area (Å²) in [7, 11) is 3.37. The number of amides is 1. The largest absolute Gasteiger partial charge is 0.453 e. The van der Waals surface area contributed by atoms with Crippen LogP contribution in [0.1, 0.15) is 26.2 Å². The molecule has 1 N–H and O–H groups in total. The molecule has 1 fully saturated rings. The molecule has 2 atom stereocenters. The molecule has 0 radical (unpaired) electrons. The van der Waals surface area contributed by atoms with Crippen LogP contribution in [-0.2, 0) is 4.74 Å². The van der Waals surface area contributed by atoms with Crippen LogP contribution in [0.5, 0.6) is 0 Å². The Morgan fingerprint density at radius 1 is 1.57 bits per heavy atom. The molecule has 0 bridgehead atoms. The SMILES string of the molecule is CNC(C)C1CCCCN1C(=O)OC. The summed E-state index contributed by atoms with van der Waals surface area (Å²) in [6, 6.07) is 0.607. The molecule has 0 spiro atoms. The zero-order chi connectivity index (χ0) is 10.6. The summed E-state index contributed by atoms with van der Waals surface area (Å²) in [6.07, 6.45) is 3.15. The van der Waals surface area contributed by atoms with Gasteiger partial charge in [0.2, 0.25) is 0 Å². The summed E-state index contributed by atoms with van der Waals surface area (Å²) in [5.74, 6) is 0. The number of nitrogens with one attached hydrogen (secondary N) is 1. The first-order chi connectivity index (χ1) is 6.70. The average Bonchev–Trinajstić information content (AvgIpc) is 2.27. The van der Waals surface area contributed by atoms with E-state index in [1.807, 2.05) is 11.9 Å². The van der Waals surface area contributed by atoms with E-state index in [0.29, 0.717) is 6.04 Å². The molecule has 1 heterocycles. The quantitative estimate of drug-likeness (QED) is 0.728. The second kappa shape index (κ2) is 5.20. The number of likely N-dealkylation sites (N-methyl/N-ethyl adjacent to an activating group) is 1. The predicted octanol–water partition coefficient (Wildman–Crippen LogP) is 1.22. The average molecular weight is 200 g/mol. The maximum absolute atomic E-state index is 11.5. The van der Waals surface area contributed by atoms with Crippen molar-refractivity contribution >= 4 is 6.09 Å². The molecule has 4 heteroatoms. The number of methoxy groups -OCH3 is 1. The molecule has 0 aromatic carbocycles. The number of likely N-dealkylation sites (tertiary alicyclic amines) is 1. The van der Waals surface area contributed by atoms with Crippen LogP contribution in [0.15, 0.2) is 0 Å². The molecule has 14 heavy (non-hydrogen) atoms. The van der Waals surface area contributed by atoms with Crippen molar-refractivity contribution < 1.29 is 9.53 Å². The standard InChI is InChI=1S/C10H20N2O2/c1-8(11-2)9-6-4-5-7-12(9)10(13)14-3/h8-9,11H,4-7H2,1-3H3. The van der Waals surface area contributed by atoms with E-state index in [4.69, 9.17) is 4.74 Å². The van der Waals surface area contributed by atoms with Gasteiger partial charge < -0.3 is 15.0 Å². The fraction of sp³-hybridized carbons (Fsp3) is 0.900. The molecule has 2 unspecified atom stereocenters. The van der Waals surface area contributed by atoms with Gasteiger partial charge in [0.25, 0.3) is 0 Å². The van der Waals surface area contributed by atoms with Gasteiger partial charge in [-0.15, -0.1) is 0 Å². The summed E-state index contributed by atoms with van der Waals surface area (Å²) >= 11 is 0. The van der Waals surface area contributed by atoms with Gasteiger partial charge in [-0.1, -0.05) is 0 Å². The van der Waals surface area contributed by atoms with E-state index < -0.39 is 0 Å². The number of hydrogen-bond donors (Lipinski definition) is 1. The van der Waals surface area contributed by atoms with Crippen LogP contribution >= 0.6 is 0 Å². The number of rotatable bonds is 2. The highest BCUT2D eigenvalue weighted by Crippen LogP contribution is 2.20. The van der Waals surface area contributed by atoms with Crippen LogP contribution in [0, 0.1) is 0 Å². The van der Waals surface area contributed by atoms with Gasteiger partial charge in [-0.2, -0.15) is 0 Å². The van der Waals surface area contributed by atoms with Gasteiger partial charge in [-0.25, -0.2) is 4.79 Å². The topological polar surface area (TPSA) is 41.6 Å². The lowest BCUT2D eigenvalue weighted by molar-refractivity contribution is 0.0796. The van der Waals surface area contributed by atoms with Crippen molar-refractivity contribution in [1.29, 1.82) is 0 Å². The first kappa shape index (κ1) is 11.3. The van der Waals surface area contributed by atoms with E-state index in [-0.39, 0.29) is 12.1 Å². The third-order valence-electron chi connectivity index (χ3n) is 2.99. The minimum absolute atomic E-state index is 0.197. The van der Waals surface area contributed by atoms with Crippen molar-refractivity contribution in [1.82, 2.24) is 10.2 Å². The summed E-state index contributed by atoms with van der Waals surface area (Å²) in [6.45, 7) is 2.93. The lowest BCUT2D eigenvalue weighted by atomic mass is 9.97. The van der Waals surface area contributed by atoms with Gasteiger partial charge in [0.1, 0.15) is 0 Å². The predicted molar refractivity (Wildman–Crippen MR) is 55.3 cm³/mol. The van der Waals surface area contributed by atoms with E-state index in [9.17, 15) is 4.79 Å². The molecule has 1 aliphatic rings. The van der Waals surface area contributed by atoms with Gasteiger partial charge >= 0.3 is 6.09 Å². The van der Waals surface area contributed by atoms with Gasteiger partial charge in [0, 0.05) is 12.6 Å². The number of carbonyl (C=O) groups excluding carboxylic acids is 1. The zero-order valence-electron chi connectivity index (χ0n) is 9.25. The van der Waals surface area contributed by atoms with Gasteiger partial charge in [-0.3, -0.25) is 0 Å². The van der Waals surface area contributed by atoms with Crippen molar-refractivity contribution in [2.45, 2.75) is 38.3 Å². The Balaban J connectivity index is 2.63. The second-order valence-corrected chi connectivity index (χ2v) is 3.80. The van der Waals surface area contributed by atoms with Gasteiger partial charge in [0.05, 0.1) is 13.2 Å². The maximum Gasteiger partial charge on any atom is 0.409 e. The molecule has 0 aliphatic carbocycles. The Bertz CT molecular complexity index is 197. The molecule has 82 valence electrons. The Kier molecular flexibility index (Phi) is 4.20. The van der Waals surface area contributed by atoms with Crippen molar-refractivity contribution in [3.8, 4) is 0 Å². The molecule has 1 amide bonds. The van der Waals surface area contributed by atoms with E-state index >= 15 is 0 Å². The van der Waals surface area contributed by atoms with Crippen molar-refractivity contribution in [3.05, 3.63) is 0 Å². The molecule has 0 saturated carbocycles. The van der Waals surface area contributed by atoms with E-state index in [1.54, 1.807) is 0 Å². The highest BCUT2D eigenvalue weighted by molar-refractivity contribution is 5.68. The summed E-state index contributed by atoms with van der Waals surface area (Å²) in [4.78, 5) is 13.3. The van der Waals surface area contributed by atoms with Crippen molar-refractivity contribution in [3.63, 3.8) is 0 Å². The van der Waals surface area contributed by atoms with Gasteiger partial charge in [0.15, 0.2) is 0 Å². The Labute approximate surface area is 85.6 Å². The number of piperidine rings is 1. The smallest absolute Gasteiger partial charge is 0.409 e. The molecule has 4 nitrogen and oxygen atoms in total. The zero-order valence-corrected chi connectivity index (χ0v) is 9.25.